The van der Waals surface area contributed by atoms with Gasteiger partial charge in [-0.05, 0) is 39.8 Å². The Labute approximate surface area is 229 Å². The van der Waals surface area contributed by atoms with Crippen LogP contribution in [0.25, 0.3) is 10.9 Å². The Balaban J connectivity index is 1.38. The lowest BCUT2D eigenvalue weighted by Gasteiger charge is -2.29. The number of allylic oxidation sites excluding steroid dienone is 4. The van der Waals surface area contributed by atoms with E-state index >= 15 is 0 Å². The summed E-state index contributed by atoms with van der Waals surface area (Å²) >= 11 is 0. The van der Waals surface area contributed by atoms with Gasteiger partial charge in [0.15, 0.2) is 17.3 Å². The molecule has 4 N–H and O–H groups in total. The lowest BCUT2D eigenvalue weighted by Crippen LogP contribution is -2.41. The summed E-state index contributed by atoms with van der Waals surface area (Å²) in [5.41, 5.74) is -0.0819. The average Bonchev–Trinajstić information content (AvgIpc) is 3.40. The number of ketones is 3. The van der Waals surface area contributed by atoms with Crippen molar-refractivity contribution < 1.29 is 34.1 Å². The number of aryl methyl sites for hydroxylation is 1. The highest BCUT2D eigenvalue weighted by atomic mass is 16.5. The van der Waals surface area contributed by atoms with Gasteiger partial charge in [0.25, 0.3) is 5.91 Å². The number of ether oxygens (including phenoxy) is 1. The number of carbonyl (C=O) groups excluding carboxylic acids is 4. The molecule has 2 aromatic carbocycles. The fourth-order valence-corrected chi connectivity index (χ4v) is 5.47. The molecule has 0 bridgehead atoms. The Morgan fingerprint density at radius 2 is 1.73 bits per heavy atom. The van der Waals surface area contributed by atoms with E-state index in [9.17, 15) is 29.4 Å². The minimum absolute atomic E-state index is 0.0286. The molecule has 10 heteroatoms. The second kappa shape index (κ2) is 9.41. The highest BCUT2D eigenvalue weighted by Crippen LogP contribution is 2.57. The third kappa shape index (κ3) is 3.78. The Morgan fingerprint density at radius 3 is 2.40 bits per heavy atom. The van der Waals surface area contributed by atoms with Crippen molar-refractivity contribution in [1.29, 1.82) is 0 Å². The molecule has 1 atom stereocenters. The summed E-state index contributed by atoms with van der Waals surface area (Å²) in [6.45, 7) is 6.21. The number of hydrogen-bond donors (Lipinski definition) is 4. The predicted octanol–water partition coefficient (Wildman–Crippen LogP) is 3.08. The largest absolute Gasteiger partial charge is 0.507 e. The summed E-state index contributed by atoms with van der Waals surface area (Å²) in [5, 5.41) is 28.2. The number of phenols is 2. The SMILES string of the molecule is CC(=O)c1c(O)c(C)c(O)c2c1OC1=CC(=O)/C(=C(/C)NCCNC(=O)c3cc4ccccc4n3C)C(=O)[C@@]12C. The Morgan fingerprint density at radius 1 is 1.05 bits per heavy atom. The van der Waals surface area contributed by atoms with Gasteiger partial charge in [-0.2, -0.15) is 0 Å². The number of benzene rings is 2. The molecule has 0 radical (unpaired) electrons. The van der Waals surface area contributed by atoms with Gasteiger partial charge in [-0.25, -0.2) is 0 Å². The van der Waals surface area contributed by atoms with Gasteiger partial charge >= 0.3 is 0 Å². The van der Waals surface area contributed by atoms with Gasteiger partial charge in [-0.3, -0.25) is 19.2 Å². The maximum atomic E-state index is 13.9. The first-order valence-corrected chi connectivity index (χ1v) is 12.8. The molecule has 0 spiro atoms. The van der Waals surface area contributed by atoms with Crippen LogP contribution in [-0.2, 0) is 22.1 Å². The van der Waals surface area contributed by atoms with Crippen molar-refractivity contribution in [1.82, 2.24) is 15.2 Å². The van der Waals surface area contributed by atoms with Crippen LogP contribution < -0.4 is 15.4 Å². The highest BCUT2D eigenvalue weighted by molar-refractivity contribution is 6.31. The van der Waals surface area contributed by atoms with Crippen molar-refractivity contribution >= 4 is 34.2 Å². The average molecular weight is 544 g/mol. The lowest BCUT2D eigenvalue weighted by atomic mass is 9.70. The number of rotatable bonds is 6. The molecule has 3 aromatic rings. The molecule has 1 aliphatic carbocycles. The third-order valence-corrected chi connectivity index (χ3v) is 7.74. The molecular weight excluding hydrogens is 514 g/mol. The van der Waals surface area contributed by atoms with E-state index in [2.05, 4.69) is 10.6 Å². The zero-order chi connectivity index (χ0) is 29.1. The second-order valence-electron chi connectivity index (χ2n) is 10.2. The molecule has 0 saturated carbocycles. The van der Waals surface area contributed by atoms with E-state index in [0.717, 1.165) is 10.9 Å². The normalized spacial score (nSPS) is 19.1. The molecule has 0 unspecified atom stereocenters. The molecule has 2 heterocycles. The van der Waals surface area contributed by atoms with Crippen LogP contribution in [0.3, 0.4) is 0 Å². The smallest absolute Gasteiger partial charge is 0.267 e. The molecule has 1 amide bonds. The van der Waals surface area contributed by atoms with Crippen LogP contribution >= 0.6 is 0 Å². The van der Waals surface area contributed by atoms with Crippen LogP contribution in [0.15, 0.2) is 53.4 Å². The van der Waals surface area contributed by atoms with Crippen LogP contribution in [0, 0.1) is 6.92 Å². The van der Waals surface area contributed by atoms with E-state index in [1.807, 2.05) is 41.9 Å². The van der Waals surface area contributed by atoms with E-state index in [4.69, 9.17) is 4.74 Å². The number of nitrogens with zero attached hydrogens (tertiary/aromatic N) is 1. The van der Waals surface area contributed by atoms with Crippen molar-refractivity contribution in [3.05, 3.63) is 75.8 Å². The molecule has 40 heavy (non-hydrogen) atoms. The Bertz CT molecular complexity index is 1730. The van der Waals surface area contributed by atoms with Gasteiger partial charge < -0.3 is 30.2 Å². The lowest BCUT2D eigenvalue weighted by molar-refractivity contribution is -0.123. The van der Waals surface area contributed by atoms with Gasteiger partial charge in [-0.1, -0.05) is 18.2 Å². The van der Waals surface area contributed by atoms with E-state index in [0.29, 0.717) is 11.4 Å². The van der Waals surface area contributed by atoms with Gasteiger partial charge in [0, 0.05) is 48.4 Å². The zero-order valence-electron chi connectivity index (χ0n) is 22.8. The van der Waals surface area contributed by atoms with E-state index in [-0.39, 0.29) is 58.5 Å². The summed E-state index contributed by atoms with van der Waals surface area (Å²) < 4.78 is 7.59. The maximum Gasteiger partial charge on any atom is 0.267 e. The van der Waals surface area contributed by atoms with E-state index in [1.165, 1.54) is 26.8 Å². The first-order chi connectivity index (χ1) is 18.9. The van der Waals surface area contributed by atoms with Crippen molar-refractivity contribution in [2.45, 2.75) is 33.1 Å². The van der Waals surface area contributed by atoms with Crippen LogP contribution in [0.5, 0.6) is 17.2 Å². The number of aromatic nitrogens is 1. The maximum absolute atomic E-state index is 13.9. The minimum atomic E-state index is -1.59. The van der Waals surface area contributed by atoms with Crippen molar-refractivity contribution in [3.63, 3.8) is 0 Å². The molecule has 10 nitrogen and oxygen atoms in total. The van der Waals surface area contributed by atoms with E-state index in [1.54, 1.807) is 6.92 Å². The Kier molecular flexibility index (Phi) is 6.29. The number of nitrogens with one attached hydrogen (secondary N) is 2. The number of amides is 1. The van der Waals surface area contributed by atoms with Crippen LogP contribution in [0.4, 0.5) is 0 Å². The number of phenolic OH excluding ortho intramolecular Hbond substituents is 2. The van der Waals surface area contributed by atoms with E-state index < -0.39 is 28.5 Å². The first kappa shape index (κ1) is 26.7. The molecule has 2 aliphatic rings. The highest BCUT2D eigenvalue weighted by Gasteiger charge is 2.56. The standard InChI is InChI=1S/C30H29N3O7/c1-14-25(36)23(16(3)34)27-24(26(14)37)30(4)21(40-27)13-20(35)22(28(30)38)15(2)31-10-11-32-29(39)19-12-17-8-6-7-9-18(17)33(19)5/h6-9,12-13,31,36-37H,10-11H2,1-5H3,(H,32,39)/b22-15+/t30-/m0/s1. The van der Waals surface area contributed by atoms with Gasteiger partial charge in [0.05, 0.1) is 11.1 Å². The number of carbonyl (C=O) groups is 4. The van der Waals surface area contributed by atoms with Crippen LogP contribution in [0.2, 0.25) is 0 Å². The molecule has 1 aromatic heterocycles. The summed E-state index contributed by atoms with van der Waals surface area (Å²) in [4.78, 5) is 52.0. The summed E-state index contributed by atoms with van der Waals surface area (Å²) in [6, 6.07) is 9.48. The third-order valence-electron chi connectivity index (χ3n) is 7.74. The summed E-state index contributed by atoms with van der Waals surface area (Å²) in [6.07, 6.45) is 1.17. The summed E-state index contributed by atoms with van der Waals surface area (Å²) in [5.74, 6) is -2.97. The minimum Gasteiger partial charge on any atom is -0.507 e. The van der Waals surface area contributed by atoms with Crippen LogP contribution in [-0.4, -0.2) is 51.1 Å². The second-order valence-corrected chi connectivity index (χ2v) is 10.2. The van der Waals surface area contributed by atoms with Gasteiger partial charge in [0.1, 0.15) is 39.7 Å². The zero-order valence-corrected chi connectivity index (χ0v) is 22.8. The fraction of sp³-hybridized carbons (Fsp3) is 0.267. The number of aromatic hydroxyl groups is 2. The molecule has 0 saturated heterocycles. The molecular formula is C30H29N3O7. The molecule has 206 valence electrons. The molecule has 1 aliphatic heterocycles. The number of Topliss-reactive ketones (excluding diaryl/α,β-unsaturated/α-hetero) is 2. The van der Waals surface area contributed by atoms with Crippen molar-refractivity contribution in [2.75, 3.05) is 13.1 Å². The van der Waals surface area contributed by atoms with Gasteiger partial charge in [-0.15, -0.1) is 0 Å². The Hall–Kier alpha value is -4.86. The number of fused-ring (bicyclic) bond motifs is 4. The molecule has 0 fully saturated rings. The monoisotopic (exact) mass is 543 g/mol. The quantitative estimate of drug-likeness (QED) is 0.161. The van der Waals surface area contributed by atoms with Gasteiger partial charge in [0.2, 0.25) is 0 Å². The van der Waals surface area contributed by atoms with Crippen molar-refractivity contribution in [2.24, 2.45) is 7.05 Å². The number of hydrogen-bond acceptors (Lipinski definition) is 8. The number of para-hydroxylation sites is 1. The first-order valence-electron chi connectivity index (χ1n) is 12.8. The summed E-state index contributed by atoms with van der Waals surface area (Å²) in [7, 11) is 1.82. The predicted molar refractivity (Wildman–Crippen MR) is 147 cm³/mol. The van der Waals surface area contributed by atoms with Crippen molar-refractivity contribution in [3.8, 4) is 17.2 Å². The fourth-order valence-electron chi connectivity index (χ4n) is 5.47. The molecule has 5 rings (SSSR count). The topological polar surface area (TPSA) is 147 Å². The van der Waals surface area contributed by atoms with Crippen LogP contribution in [0.1, 0.15) is 52.7 Å².